The van der Waals surface area contributed by atoms with Gasteiger partial charge >= 0.3 is 5.97 Å². The van der Waals surface area contributed by atoms with E-state index in [1.54, 1.807) is 7.11 Å². The van der Waals surface area contributed by atoms with Crippen molar-refractivity contribution in [1.82, 2.24) is 15.1 Å². The molecule has 3 aromatic rings. The highest BCUT2D eigenvalue weighted by Crippen LogP contribution is 2.58. The minimum atomic E-state index is -0.922. The highest BCUT2D eigenvalue weighted by Gasteiger charge is 2.56. The van der Waals surface area contributed by atoms with Gasteiger partial charge in [0.15, 0.2) is 23.0 Å². The molecule has 4 aliphatic heterocycles. The lowest BCUT2D eigenvalue weighted by Crippen LogP contribution is -2.69. The number of phenols is 1. The molecular formula is C36H41N3O8. The molecule has 0 radical (unpaired) electrons. The molecular weight excluding hydrogens is 602 g/mol. The minimum Gasteiger partial charge on any atom is -0.504 e. The average molecular weight is 644 g/mol. The van der Waals surface area contributed by atoms with E-state index in [1.807, 2.05) is 57.3 Å². The molecule has 0 spiro atoms. The maximum atomic E-state index is 13.3. The van der Waals surface area contributed by atoms with Crippen LogP contribution in [0.5, 0.6) is 28.7 Å². The van der Waals surface area contributed by atoms with Crippen molar-refractivity contribution in [2.45, 2.75) is 76.8 Å². The van der Waals surface area contributed by atoms with Crippen LogP contribution in [-0.4, -0.2) is 77.7 Å². The van der Waals surface area contributed by atoms with Crippen LogP contribution in [0.4, 0.5) is 0 Å². The van der Waals surface area contributed by atoms with Crippen LogP contribution in [0.3, 0.4) is 0 Å². The summed E-state index contributed by atoms with van der Waals surface area (Å²) in [5.41, 5.74) is 5.76. The van der Waals surface area contributed by atoms with Gasteiger partial charge in [0.2, 0.25) is 12.7 Å². The highest BCUT2D eigenvalue weighted by molar-refractivity contribution is 5.77. The zero-order valence-electron chi connectivity index (χ0n) is 27.3. The van der Waals surface area contributed by atoms with Crippen LogP contribution >= 0.6 is 0 Å². The topological polar surface area (TPSA) is 130 Å². The largest absolute Gasteiger partial charge is 0.504 e. The molecule has 4 heterocycles. The Bertz CT molecular complexity index is 1740. The normalized spacial score (nSPS) is 24.2. The van der Waals surface area contributed by atoms with E-state index in [4.69, 9.17) is 18.9 Å². The van der Waals surface area contributed by atoms with Gasteiger partial charge in [0.1, 0.15) is 12.0 Å². The molecule has 1 saturated heterocycles. The predicted octanol–water partition coefficient (Wildman–Crippen LogP) is 3.62. The molecule has 3 N–H and O–H groups in total. The highest BCUT2D eigenvalue weighted by atomic mass is 16.7. The third-order valence-electron chi connectivity index (χ3n) is 10.3. The van der Waals surface area contributed by atoms with E-state index in [2.05, 4.69) is 15.1 Å². The molecule has 5 atom stereocenters. The van der Waals surface area contributed by atoms with Gasteiger partial charge in [-0.3, -0.25) is 19.4 Å². The first kappa shape index (κ1) is 31.3. The van der Waals surface area contributed by atoms with Gasteiger partial charge in [0.25, 0.3) is 0 Å². The van der Waals surface area contributed by atoms with E-state index in [1.165, 1.54) is 6.92 Å². The third-order valence-corrected chi connectivity index (χ3v) is 10.3. The zero-order chi connectivity index (χ0) is 33.1. The van der Waals surface area contributed by atoms with E-state index < -0.39 is 18.2 Å². The maximum absolute atomic E-state index is 13.3. The molecule has 47 heavy (non-hydrogen) atoms. The van der Waals surface area contributed by atoms with Crippen molar-refractivity contribution < 1.29 is 38.7 Å². The molecule has 1 fully saturated rings. The number of hydrogen-bond acceptors (Lipinski definition) is 10. The van der Waals surface area contributed by atoms with Crippen molar-refractivity contribution in [1.29, 1.82) is 0 Å². The maximum Gasteiger partial charge on any atom is 0.308 e. The van der Waals surface area contributed by atoms with Gasteiger partial charge in [0, 0.05) is 48.2 Å². The summed E-state index contributed by atoms with van der Waals surface area (Å²) in [4.78, 5) is 29.9. The number of fused-ring (bicyclic) bond motifs is 9. The van der Waals surface area contributed by atoms with Gasteiger partial charge in [-0.25, -0.2) is 0 Å². The number of hydrogen-bond donors (Lipinski definition) is 3. The Morgan fingerprint density at radius 3 is 2.51 bits per heavy atom. The summed E-state index contributed by atoms with van der Waals surface area (Å²) in [5, 5.41) is 27.0. The van der Waals surface area contributed by atoms with Crippen LogP contribution < -0.4 is 24.3 Å². The molecule has 3 aromatic carbocycles. The Labute approximate surface area is 274 Å². The molecule has 0 saturated carbocycles. The predicted molar refractivity (Wildman–Crippen MR) is 172 cm³/mol. The van der Waals surface area contributed by atoms with E-state index in [9.17, 15) is 19.8 Å². The van der Waals surface area contributed by atoms with E-state index in [-0.39, 0.29) is 43.1 Å². The number of aliphatic hydroxyl groups excluding tert-OH is 1. The van der Waals surface area contributed by atoms with Crippen molar-refractivity contribution in [2.24, 2.45) is 0 Å². The molecule has 248 valence electrons. The summed E-state index contributed by atoms with van der Waals surface area (Å²) in [6, 6.07) is 10.3. The van der Waals surface area contributed by atoms with Crippen LogP contribution in [0.2, 0.25) is 0 Å². The first-order valence-electron chi connectivity index (χ1n) is 16.1. The molecule has 0 aromatic heterocycles. The summed E-state index contributed by atoms with van der Waals surface area (Å²) < 4.78 is 23.5. The summed E-state index contributed by atoms with van der Waals surface area (Å²) in [6.45, 7) is 5.28. The lowest BCUT2D eigenvalue weighted by atomic mass is 9.73. The fraction of sp³-hybridized carbons (Fsp3) is 0.444. The molecule has 1 unspecified atom stereocenters. The number of benzene rings is 3. The number of aryl methyl sites for hydroxylation is 2. The standard InChI is InChI=1S/C36H41N3O8/c1-18-13-22-14-25-36(43)39-24(30(38(25)4)28(22)31(42)32(18)44-5)15-23-29(35-34(45-17-46-35)19(2)33(23)47-20(3)40)26(39)16-37-27(41)12-11-21-9-7-6-8-10-21/h6-10,13,24-26,30,36,42-43H,11-12,14-17H2,1-5H3,(H,37,41)/t24?,25-,26+,30+,36+/m1/s1. The fourth-order valence-corrected chi connectivity index (χ4v) is 8.32. The number of likely N-dealkylation sites (N-methyl/N-ethyl adjacent to an activating group) is 1. The number of piperazine rings is 1. The average Bonchev–Trinajstić information content (AvgIpc) is 3.54. The Morgan fingerprint density at radius 2 is 1.79 bits per heavy atom. The quantitative estimate of drug-likeness (QED) is 0.259. The molecule has 11 heteroatoms. The number of amides is 1. The monoisotopic (exact) mass is 643 g/mol. The number of esters is 1. The summed E-state index contributed by atoms with van der Waals surface area (Å²) in [5.74, 6) is 1.35. The molecule has 1 amide bonds. The fourth-order valence-electron chi connectivity index (χ4n) is 8.32. The number of phenolic OH excluding ortho intramolecular Hbond substituents is 1. The van der Waals surface area contributed by atoms with Crippen molar-refractivity contribution >= 4 is 11.9 Å². The number of nitrogens with zero attached hydrogens (tertiary/aromatic N) is 2. The summed E-state index contributed by atoms with van der Waals surface area (Å²) in [7, 11) is 3.52. The van der Waals surface area contributed by atoms with Crippen molar-refractivity contribution in [2.75, 3.05) is 27.5 Å². The van der Waals surface area contributed by atoms with Gasteiger partial charge < -0.3 is 34.5 Å². The minimum absolute atomic E-state index is 0.00264. The van der Waals surface area contributed by atoms with Gasteiger partial charge in [-0.15, -0.1) is 0 Å². The van der Waals surface area contributed by atoms with Gasteiger partial charge in [-0.05, 0) is 56.8 Å². The first-order chi connectivity index (χ1) is 22.6. The zero-order valence-corrected chi connectivity index (χ0v) is 27.3. The second-order valence-electron chi connectivity index (χ2n) is 13.0. The van der Waals surface area contributed by atoms with Crippen LogP contribution in [0, 0.1) is 13.8 Å². The number of methoxy groups -OCH3 is 1. The van der Waals surface area contributed by atoms with Crippen LogP contribution in [0.25, 0.3) is 0 Å². The first-order valence-corrected chi connectivity index (χ1v) is 16.1. The lowest BCUT2D eigenvalue weighted by molar-refractivity contribution is -0.172. The van der Waals surface area contributed by atoms with Gasteiger partial charge in [0.05, 0.1) is 25.2 Å². The number of rotatable bonds is 7. The Kier molecular flexibility index (Phi) is 8.02. The van der Waals surface area contributed by atoms with Crippen LogP contribution in [0.1, 0.15) is 64.4 Å². The van der Waals surface area contributed by atoms with Crippen LogP contribution in [-0.2, 0) is 28.9 Å². The van der Waals surface area contributed by atoms with E-state index in [0.717, 1.165) is 33.4 Å². The number of aliphatic hydroxyl groups is 1. The second kappa shape index (κ2) is 12.0. The molecule has 4 aliphatic rings. The number of ether oxygens (including phenoxy) is 4. The van der Waals surface area contributed by atoms with E-state index in [0.29, 0.717) is 54.2 Å². The Hall–Kier alpha value is -4.32. The Balaban J connectivity index is 1.35. The van der Waals surface area contributed by atoms with Crippen molar-refractivity contribution in [3.8, 4) is 28.7 Å². The molecule has 7 rings (SSSR count). The Morgan fingerprint density at radius 1 is 1.04 bits per heavy atom. The summed E-state index contributed by atoms with van der Waals surface area (Å²) in [6.07, 6.45) is 0.862. The second-order valence-corrected chi connectivity index (χ2v) is 13.0. The molecule has 11 nitrogen and oxygen atoms in total. The number of nitrogens with one attached hydrogen (secondary N) is 1. The lowest BCUT2D eigenvalue weighted by Gasteiger charge is -2.60. The van der Waals surface area contributed by atoms with Crippen molar-refractivity contribution in [3.05, 3.63) is 75.3 Å². The number of carbonyl (C=O) groups is 2. The van der Waals surface area contributed by atoms with Crippen LogP contribution in [0.15, 0.2) is 36.4 Å². The smallest absolute Gasteiger partial charge is 0.308 e. The van der Waals surface area contributed by atoms with Gasteiger partial charge in [-0.1, -0.05) is 36.4 Å². The number of carbonyl (C=O) groups excluding carboxylic acids is 2. The van der Waals surface area contributed by atoms with Crippen molar-refractivity contribution in [3.63, 3.8) is 0 Å². The molecule has 0 aliphatic carbocycles. The van der Waals surface area contributed by atoms with E-state index >= 15 is 0 Å². The third kappa shape index (κ3) is 5.08. The summed E-state index contributed by atoms with van der Waals surface area (Å²) >= 11 is 0. The molecule has 2 bridgehead atoms. The SMILES string of the molecule is COc1c(C)cc2c(c1O)[C@@H]1C3Cc4c(OC(C)=O)c(C)c5c(c4[C@H](CNC(=O)CCc4ccccc4)N3[C@@H](O)[C@@H](C2)N1C)OCO5. The van der Waals surface area contributed by atoms with Gasteiger partial charge in [-0.2, -0.15) is 0 Å². The number of aromatic hydroxyl groups is 1.